The molecule has 1 amide bonds. The Balaban J connectivity index is 1.84. The van der Waals surface area contributed by atoms with Gasteiger partial charge < -0.3 is 19.4 Å². The maximum absolute atomic E-state index is 14.5. The van der Waals surface area contributed by atoms with Crippen molar-refractivity contribution in [2.24, 2.45) is 7.05 Å². The van der Waals surface area contributed by atoms with Gasteiger partial charge in [-0.1, -0.05) is 0 Å². The van der Waals surface area contributed by atoms with Gasteiger partial charge in [-0.3, -0.25) is 4.79 Å². The van der Waals surface area contributed by atoms with Crippen molar-refractivity contribution in [1.82, 2.24) is 14.5 Å². The molecule has 152 valence electrons. The highest BCUT2D eigenvalue weighted by Gasteiger charge is 2.22. The third-order valence-electron chi connectivity index (χ3n) is 3.86. The normalized spacial score (nSPS) is 10.8. The van der Waals surface area contributed by atoms with Crippen molar-refractivity contribution in [2.75, 3.05) is 11.9 Å². The fourth-order valence-electron chi connectivity index (χ4n) is 2.65. The first-order valence-corrected chi connectivity index (χ1v) is 8.56. The Morgan fingerprint density at radius 1 is 1.21 bits per heavy atom. The summed E-state index contributed by atoms with van der Waals surface area (Å²) >= 11 is 0. The Kier molecular flexibility index (Phi) is 6.01. The summed E-state index contributed by atoms with van der Waals surface area (Å²) in [6.45, 7) is -0.848. The van der Waals surface area contributed by atoms with Crippen LogP contribution in [-0.4, -0.2) is 33.7 Å². The number of alkyl halides is 2. The number of benzene rings is 1. The molecule has 0 aliphatic rings. The lowest BCUT2D eigenvalue weighted by Crippen LogP contribution is -2.14. The van der Waals surface area contributed by atoms with Gasteiger partial charge in [0.05, 0.1) is 24.2 Å². The standard InChI is InChI=1S/C19H17F3N4O3/c1-3-28-14-9-8-13(17(20)25-14)16-15(23-10-26(16)2)18(27)24-11-4-6-12(7-5-11)29-19(21)22/h4-10,19H,3H2,1-2H3,(H,24,27). The number of halogens is 3. The minimum atomic E-state index is -2.94. The zero-order valence-corrected chi connectivity index (χ0v) is 15.5. The molecule has 0 aliphatic heterocycles. The Morgan fingerprint density at radius 3 is 2.55 bits per heavy atom. The number of aromatic nitrogens is 3. The van der Waals surface area contributed by atoms with E-state index in [9.17, 15) is 18.0 Å². The Morgan fingerprint density at radius 2 is 1.93 bits per heavy atom. The monoisotopic (exact) mass is 406 g/mol. The van der Waals surface area contributed by atoms with E-state index in [0.29, 0.717) is 12.3 Å². The van der Waals surface area contributed by atoms with Crippen LogP contribution in [0.4, 0.5) is 18.9 Å². The summed E-state index contributed by atoms with van der Waals surface area (Å²) in [7, 11) is 1.62. The summed E-state index contributed by atoms with van der Waals surface area (Å²) in [5, 5.41) is 2.59. The van der Waals surface area contributed by atoms with Gasteiger partial charge in [-0.2, -0.15) is 18.2 Å². The fourth-order valence-corrected chi connectivity index (χ4v) is 2.65. The number of rotatable bonds is 7. The molecular formula is C19H17F3N4O3. The van der Waals surface area contributed by atoms with Gasteiger partial charge in [0.15, 0.2) is 5.69 Å². The van der Waals surface area contributed by atoms with Crippen LogP contribution in [0.2, 0.25) is 0 Å². The van der Waals surface area contributed by atoms with E-state index in [1.165, 1.54) is 47.3 Å². The van der Waals surface area contributed by atoms with Crippen LogP contribution >= 0.6 is 0 Å². The zero-order chi connectivity index (χ0) is 21.0. The number of carbonyl (C=O) groups is 1. The van der Waals surface area contributed by atoms with E-state index >= 15 is 0 Å². The van der Waals surface area contributed by atoms with E-state index in [4.69, 9.17) is 4.74 Å². The number of imidazole rings is 1. The number of nitrogens with zero attached hydrogens (tertiary/aromatic N) is 3. The number of carbonyl (C=O) groups excluding carboxylic acids is 1. The summed E-state index contributed by atoms with van der Waals surface area (Å²) in [5.41, 5.74) is 0.622. The van der Waals surface area contributed by atoms with E-state index in [2.05, 4.69) is 20.0 Å². The molecule has 0 bridgehead atoms. The van der Waals surface area contributed by atoms with Crippen LogP contribution in [0.3, 0.4) is 0 Å². The average molecular weight is 406 g/mol. The third kappa shape index (κ3) is 4.65. The molecule has 3 rings (SSSR count). The number of hydrogen-bond donors (Lipinski definition) is 1. The number of pyridine rings is 1. The number of amides is 1. The van der Waals surface area contributed by atoms with Crippen LogP contribution in [-0.2, 0) is 7.05 Å². The molecule has 2 heterocycles. The van der Waals surface area contributed by atoms with Gasteiger partial charge in [-0.15, -0.1) is 0 Å². The molecule has 10 heteroatoms. The lowest BCUT2D eigenvalue weighted by atomic mass is 10.1. The van der Waals surface area contributed by atoms with Gasteiger partial charge >= 0.3 is 6.61 Å². The summed E-state index contributed by atoms with van der Waals surface area (Å²) in [6.07, 6.45) is 1.37. The molecule has 3 aromatic rings. The predicted octanol–water partition coefficient (Wildman–Crippen LogP) is 3.87. The molecule has 0 atom stereocenters. The summed E-state index contributed by atoms with van der Waals surface area (Å²) in [4.78, 5) is 20.4. The first-order valence-electron chi connectivity index (χ1n) is 8.56. The van der Waals surface area contributed by atoms with E-state index in [1.807, 2.05) is 0 Å². The minimum Gasteiger partial charge on any atom is -0.478 e. The van der Waals surface area contributed by atoms with Crippen molar-refractivity contribution in [3.63, 3.8) is 0 Å². The highest BCUT2D eigenvalue weighted by Crippen LogP contribution is 2.27. The fraction of sp³-hybridized carbons (Fsp3) is 0.211. The molecule has 0 fully saturated rings. The van der Waals surface area contributed by atoms with Crippen molar-refractivity contribution in [3.8, 4) is 22.9 Å². The smallest absolute Gasteiger partial charge is 0.387 e. The van der Waals surface area contributed by atoms with Gasteiger partial charge in [-0.05, 0) is 37.3 Å². The summed E-state index contributed by atoms with van der Waals surface area (Å²) < 4.78 is 49.8. The zero-order valence-electron chi connectivity index (χ0n) is 15.5. The van der Waals surface area contributed by atoms with Crippen molar-refractivity contribution < 1.29 is 27.4 Å². The molecule has 29 heavy (non-hydrogen) atoms. The van der Waals surface area contributed by atoms with Crippen LogP contribution in [0.25, 0.3) is 11.3 Å². The molecule has 7 nitrogen and oxygen atoms in total. The predicted molar refractivity (Wildman–Crippen MR) is 98.6 cm³/mol. The molecule has 0 spiro atoms. The number of nitrogens with one attached hydrogen (secondary N) is 1. The molecule has 1 N–H and O–H groups in total. The molecule has 0 saturated carbocycles. The maximum Gasteiger partial charge on any atom is 0.387 e. The Labute approximate surface area is 164 Å². The van der Waals surface area contributed by atoms with Crippen LogP contribution in [0.15, 0.2) is 42.7 Å². The Hall–Kier alpha value is -3.56. The molecule has 0 aliphatic carbocycles. The van der Waals surface area contributed by atoms with Crippen LogP contribution in [0.5, 0.6) is 11.6 Å². The van der Waals surface area contributed by atoms with E-state index in [1.54, 1.807) is 14.0 Å². The molecule has 1 aromatic carbocycles. The van der Waals surface area contributed by atoms with Crippen molar-refractivity contribution in [1.29, 1.82) is 0 Å². The molecule has 0 radical (unpaired) electrons. The topological polar surface area (TPSA) is 78.3 Å². The average Bonchev–Trinajstić information content (AvgIpc) is 3.05. The lowest BCUT2D eigenvalue weighted by molar-refractivity contribution is -0.0498. The number of hydrogen-bond acceptors (Lipinski definition) is 5. The second kappa shape index (κ2) is 8.63. The van der Waals surface area contributed by atoms with Gasteiger partial charge in [0.1, 0.15) is 5.75 Å². The van der Waals surface area contributed by atoms with Crippen LogP contribution in [0, 0.1) is 5.95 Å². The Bertz CT molecular complexity index is 1010. The number of ether oxygens (including phenoxy) is 2. The highest BCUT2D eigenvalue weighted by atomic mass is 19.3. The second-order valence-corrected chi connectivity index (χ2v) is 5.83. The first kappa shape index (κ1) is 20.2. The molecule has 0 unspecified atom stereocenters. The van der Waals surface area contributed by atoms with Crippen molar-refractivity contribution >= 4 is 11.6 Å². The van der Waals surface area contributed by atoms with Crippen molar-refractivity contribution in [3.05, 3.63) is 54.4 Å². The molecule has 2 aromatic heterocycles. The van der Waals surface area contributed by atoms with E-state index < -0.39 is 18.5 Å². The lowest BCUT2D eigenvalue weighted by Gasteiger charge is -2.10. The van der Waals surface area contributed by atoms with E-state index in [-0.39, 0.29) is 28.6 Å². The van der Waals surface area contributed by atoms with Crippen LogP contribution < -0.4 is 14.8 Å². The van der Waals surface area contributed by atoms with Gasteiger partial charge in [0.2, 0.25) is 11.8 Å². The largest absolute Gasteiger partial charge is 0.478 e. The van der Waals surface area contributed by atoms with E-state index in [0.717, 1.165) is 0 Å². The maximum atomic E-state index is 14.5. The van der Waals surface area contributed by atoms with Gasteiger partial charge in [0.25, 0.3) is 5.91 Å². The SMILES string of the molecule is CCOc1ccc(-c2c(C(=O)Nc3ccc(OC(F)F)cc3)ncn2C)c(F)n1. The molecular weight excluding hydrogens is 389 g/mol. The number of aryl methyl sites for hydroxylation is 1. The van der Waals surface area contributed by atoms with Crippen LogP contribution in [0.1, 0.15) is 17.4 Å². The summed E-state index contributed by atoms with van der Waals surface area (Å²) in [6, 6.07) is 8.33. The number of anilines is 1. The molecule has 0 saturated heterocycles. The summed E-state index contributed by atoms with van der Waals surface area (Å²) in [5.74, 6) is -1.31. The second-order valence-electron chi connectivity index (χ2n) is 5.83. The third-order valence-corrected chi connectivity index (χ3v) is 3.86. The van der Waals surface area contributed by atoms with Gasteiger partial charge in [-0.25, -0.2) is 4.98 Å². The highest BCUT2D eigenvalue weighted by molar-refractivity contribution is 6.06. The van der Waals surface area contributed by atoms with Gasteiger partial charge in [0, 0.05) is 18.8 Å². The van der Waals surface area contributed by atoms with Crippen molar-refractivity contribution in [2.45, 2.75) is 13.5 Å². The minimum absolute atomic E-state index is 0.0229. The quantitative estimate of drug-likeness (QED) is 0.603. The first-order chi connectivity index (χ1) is 13.9.